The molecule has 1 saturated heterocycles. The Morgan fingerprint density at radius 2 is 1.69 bits per heavy atom. The summed E-state index contributed by atoms with van der Waals surface area (Å²) in [5.41, 5.74) is 2.58. The molecule has 5 nitrogen and oxygen atoms in total. The van der Waals surface area contributed by atoms with E-state index in [2.05, 4.69) is 10.6 Å². The second-order valence-corrected chi connectivity index (χ2v) is 9.41. The van der Waals surface area contributed by atoms with Crippen LogP contribution in [-0.2, 0) is 11.3 Å². The smallest absolute Gasteiger partial charge is 0.326 e. The summed E-state index contributed by atoms with van der Waals surface area (Å²) in [6.45, 7) is 0.694. The van der Waals surface area contributed by atoms with Crippen LogP contribution in [0.2, 0.25) is 10.0 Å². The molecule has 3 aromatic carbocycles. The zero-order chi connectivity index (χ0) is 24.7. The van der Waals surface area contributed by atoms with Crippen LogP contribution in [0.3, 0.4) is 0 Å². The highest BCUT2D eigenvalue weighted by atomic mass is 35.5. The Kier molecular flexibility index (Phi) is 6.38. The average Bonchev–Trinajstić information content (AvgIpc) is 3.04. The lowest BCUT2D eigenvalue weighted by Crippen LogP contribution is -2.42. The van der Waals surface area contributed by atoms with Gasteiger partial charge in [0.05, 0.1) is 27.3 Å². The van der Waals surface area contributed by atoms with Crippen molar-refractivity contribution in [3.63, 3.8) is 0 Å². The molecule has 0 aromatic heterocycles. The van der Waals surface area contributed by atoms with Gasteiger partial charge in [0.25, 0.3) is 0 Å². The molecule has 1 unspecified atom stereocenters. The molecular formula is C26H21Cl2F2N3O2. The number of hydrogen-bond acceptors (Lipinski definition) is 2. The summed E-state index contributed by atoms with van der Waals surface area (Å²) in [7, 11) is 0. The third-order valence-electron chi connectivity index (χ3n) is 6.43. The molecule has 1 fully saturated rings. The molecule has 2 aliphatic heterocycles. The lowest BCUT2D eigenvalue weighted by Gasteiger charge is -2.33. The van der Waals surface area contributed by atoms with Crippen LogP contribution in [0.25, 0.3) is 11.1 Å². The van der Waals surface area contributed by atoms with Crippen molar-refractivity contribution in [2.24, 2.45) is 0 Å². The fourth-order valence-electron chi connectivity index (χ4n) is 4.75. The highest BCUT2D eigenvalue weighted by molar-refractivity contribution is 6.40. The predicted octanol–water partition coefficient (Wildman–Crippen LogP) is 6.68. The number of carbonyl (C=O) groups is 2. The van der Waals surface area contributed by atoms with Crippen molar-refractivity contribution in [2.75, 3.05) is 11.4 Å². The lowest BCUT2D eigenvalue weighted by molar-refractivity contribution is -0.122. The van der Waals surface area contributed by atoms with E-state index in [4.69, 9.17) is 23.2 Å². The number of fused-ring (bicyclic) bond motifs is 1. The van der Waals surface area contributed by atoms with Crippen molar-refractivity contribution < 1.29 is 18.4 Å². The number of nitrogens with one attached hydrogen (secondary N) is 2. The van der Waals surface area contributed by atoms with Crippen LogP contribution < -0.4 is 15.5 Å². The van der Waals surface area contributed by atoms with Gasteiger partial charge in [-0.1, -0.05) is 35.7 Å². The second kappa shape index (κ2) is 9.47. The quantitative estimate of drug-likeness (QED) is 0.408. The van der Waals surface area contributed by atoms with Gasteiger partial charge in [0, 0.05) is 30.3 Å². The molecule has 0 saturated carbocycles. The zero-order valence-corrected chi connectivity index (χ0v) is 20.0. The van der Waals surface area contributed by atoms with E-state index in [1.54, 1.807) is 30.3 Å². The van der Waals surface area contributed by atoms with Gasteiger partial charge in [-0.2, -0.15) is 0 Å². The lowest BCUT2D eigenvalue weighted by atomic mass is 9.87. The van der Waals surface area contributed by atoms with Crippen LogP contribution in [0.5, 0.6) is 0 Å². The molecule has 0 radical (unpaired) electrons. The van der Waals surface area contributed by atoms with Crippen LogP contribution in [0, 0.1) is 11.6 Å². The van der Waals surface area contributed by atoms with Crippen LogP contribution in [0.1, 0.15) is 36.3 Å². The molecule has 2 aliphatic rings. The first kappa shape index (κ1) is 23.6. The number of urea groups is 1. The first-order valence-corrected chi connectivity index (χ1v) is 12.0. The third kappa shape index (κ3) is 4.34. The van der Waals surface area contributed by atoms with E-state index in [1.165, 1.54) is 17.0 Å². The van der Waals surface area contributed by atoms with Crippen LogP contribution >= 0.6 is 23.2 Å². The molecule has 1 atom stereocenters. The van der Waals surface area contributed by atoms with E-state index in [-0.39, 0.29) is 33.7 Å². The average molecular weight is 516 g/mol. The highest BCUT2D eigenvalue weighted by Gasteiger charge is 2.33. The van der Waals surface area contributed by atoms with Gasteiger partial charge in [0.1, 0.15) is 11.6 Å². The Bertz CT molecular complexity index is 1330. The summed E-state index contributed by atoms with van der Waals surface area (Å²) in [4.78, 5) is 27.4. The van der Waals surface area contributed by atoms with Gasteiger partial charge in [-0.3, -0.25) is 9.69 Å². The number of benzene rings is 3. The SMILES string of the molecule is O=C1NCCCCC1c1cc(-c2ccc(F)cc2F)c2c(c1)N(c1c(Cl)cccc1Cl)C(=O)NC2. The molecule has 2 N–H and O–H groups in total. The summed E-state index contributed by atoms with van der Waals surface area (Å²) >= 11 is 12.9. The van der Waals surface area contributed by atoms with Gasteiger partial charge in [-0.15, -0.1) is 0 Å². The number of amides is 3. The molecule has 180 valence electrons. The number of hydrogen-bond donors (Lipinski definition) is 2. The Labute approximate surface area is 211 Å². The molecule has 0 spiro atoms. The molecule has 5 rings (SSSR count). The van der Waals surface area contributed by atoms with Crippen molar-refractivity contribution in [3.05, 3.63) is 81.3 Å². The molecule has 0 bridgehead atoms. The number of rotatable bonds is 3. The normalized spacial score (nSPS) is 17.9. The second-order valence-electron chi connectivity index (χ2n) is 8.59. The largest absolute Gasteiger partial charge is 0.356 e. The zero-order valence-electron chi connectivity index (χ0n) is 18.5. The molecule has 0 aliphatic carbocycles. The van der Waals surface area contributed by atoms with Crippen LogP contribution in [-0.4, -0.2) is 18.5 Å². The Morgan fingerprint density at radius 1 is 0.914 bits per heavy atom. The number of halogens is 4. The van der Waals surface area contributed by atoms with Crippen LogP contribution in [0.4, 0.5) is 25.0 Å². The minimum atomic E-state index is -0.742. The maximum absolute atomic E-state index is 15.0. The minimum absolute atomic E-state index is 0.107. The van der Waals surface area contributed by atoms with Gasteiger partial charge in [0.15, 0.2) is 0 Å². The molecule has 2 heterocycles. The fourth-order valence-corrected chi connectivity index (χ4v) is 5.31. The van der Waals surface area contributed by atoms with Gasteiger partial charge in [-0.05, 0) is 60.4 Å². The summed E-state index contributed by atoms with van der Waals surface area (Å²) < 4.78 is 28.7. The monoisotopic (exact) mass is 515 g/mol. The maximum Gasteiger partial charge on any atom is 0.326 e. The van der Waals surface area contributed by atoms with E-state index in [1.807, 2.05) is 0 Å². The van der Waals surface area contributed by atoms with Crippen molar-refractivity contribution in [2.45, 2.75) is 31.7 Å². The molecule has 3 aromatic rings. The highest BCUT2D eigenvalue weighted by Crippen LogP contribution is 2.45. The molecule has 35 heavy (non-hydrogen) atoms. The topological polar surface area (TPSA) is 61.4 Å². The number of nitrogens with zero attached hydrogens (tertiary/aromatic N) is 1. The number of carbonyl (C=O) groups excluding carboxylic acids is 2. The van der Waals surface area contributed by atoms with Crippen molar-refractivity contribution >= 4 is 46.5 Å². The van der Waals surface area contributed by atoms with E-state index in [0.717, 1.165) is 18.9 Å². The van der Waals surface area contributed by atoms with Gasteiger partial charge in [-0.25, -0.2) is 13.6 Å². The predicted molar refractivity (Wildman–Crippen MR) is 132 cm³/mol. The summed E-state index contributed by atoms with van der Waals surface area (Å²) in [6.07, 6.45) is 2.30. The summed E-state index contributed by atoms with van der Waals surface area (Å²) in [6, 6.07) is 11.3. The number of para-hydroxylation sites is 1. The fraction of sp³-hybridized carbons (Fsp3) is 0.231. The first-order chi connectivity index (χ1) is 16.8. The van der Waals surface area contributed by atoms with E-state index in [0.29, 0.717) is 35.3 Å². The standard InChI is InChI=1S/C26H21Cl2F2N3O2/c27-20-5-3-6-21(28)24(20)33-23-11-14(16-4-1-2-9-31-25(16)34)10-18(19(23)13-32-26(33)35)17-8-7-15(29)12-22(17)30/h3,5-8,10-12,16H,1-2,4,9,13H2,(H,31,34)(H,32,35). The van der Waals surface area contributed by atoms with Gasteiger partial charge >= 0.3 is 6.03 Å². The third-order valence-corrected chi connectivity index (χ3v) is 7.04. The van der Waals surface area contributed by atoms with Crippen LogP contribution in [0.15, 0.2) is 48.5 Å². The molecule has 3 amide bonds. The molecular weight excluding hydrogens is 495 g/mol. The maximum atomic E-state index is 15.0. The summed E-state index contributed by atoms with van der Waals surface area (Å²) in [5, 5.41) is 6.23. The van der Waals surface area contributed by atoms with Crippen molar-refractivity contribution in [1.82, 2.24) is 10.6 Å². The molecule has 9 heteroatoms. The Balaban J connectivity index is 1.78. The summed E-state index contributed by atoms with van der Waals surface area (Å²) in [5.74, 6) is -2.06. The Morgan fingerprint density at radius 3 is 2.43 bits per heavy atom. The minimum Gasteiger partial charge on any atom is -0.356 e. The van der Waals surface area contributed by atoms with E-state index >= 15 is 0 Å². The first-order valence-electron chi connectivity index (χ1n) is 11.3. The van der Waals surface area contributed by atoms with Gasteiger partial charge in [0.2, 0.25) is 5.91 Å². The van der Waals surface area contributed by atoms with E-state index in [9.17, 15) is 18.4 Å². The van der Waals surface area contributed by atoms with Gasteiger partial charge < -0.3 is 10.6 Å². The van der Waals surface area contributed by atoms with Crippen molar-refractivity contribution in [3.8, 4) is 11.1 Å². The Hall–Kier alpha value is -3.16. The van der Waals surface area contributed by atoms with E-state index < -0.39 is 23.6 Å². The number of anilines is 2. The van der Waals surface area contributed by atoms with Crippen molar-refractivity contribution in [1.29, 1.82) is 0 Å².